The van der Waals surface area contributed by atoms with Crippen molar-refractivity contribution in [3.05, 3.63) is 47.5 Å². The molecule has 2 heterocycles. The SMILES string of the molecule is CC(=O)c1cccnc1N(C)Cc1ccoc1C. The molecule has 94 valence electrons. The zero-order valence-electron chi connectivity index (χ0n) is 10.8. The number of hydrogen-bond donors (Lipinski definition) is 0. The maximum Gasteiger partial charge on any atom is 0.163 e. The number of furan rings is 1. The number of aromatic nitrogens is 1. The van der Waals surface area contributed by atoms with Gasteiger partial charge in [-0.15, -0.1) is 0 Å². The first-order valence-electron chi connectivity index (χ1n) is 5.79. The van der Waals surface area contributed by atoms with Crippen LogP contribution in [-0.2, 0) is 6.54 Å². The topological polar surface area (TPSA) is 46.3 Å². The van der Waals surface area contributed by atoms with Crippen LogP contribution in [0.3, 0.4) is 0 Å². The van der Waals surface area contributed by atoms with E-state index in [1.54, 1.807) is 31.5 Å². The fraction of sp³-hybridized carbons (Fsp3) is 0.286. The van der Waals surface area contributed by atoms with E-state index in [4.69, 9.17) is 4.42 Å². The molecular formula is C14H16N2O2. The van der Waals surface area contributed by atoms with Crippen molar-refractivity contribution >= 4 is 11.6 Å². The van der Waals surface area contributed by atoms with Gasteiger partial charge in [0.1, 0.15) is 11.6 Å². The van der Waals surface area contributed by atoms with Gasteiger partial charge in [0.05, 0.1) is 11.8 Å². The minimum Gasteiger partial charge on any atom is -0.469 e. The third kappa shape index (κ3) is 2.42. The van der Waals surface area contributed by atoms with Crippen molar-refractivity contribution in [2.45, 2.75) is 20.4 Å². The lowest BCUT2D eigenvalue weighted by Crippen LogP contribution is -2.20. The van der Waals surface area contributed by atoms with Gasteiger partial charge in [-0.05, 0) is 32.0 Å². The van der Waals surface area contributed by atoms with Gasteiger partial charge < -0.3 is 9.32 Å². The summed E-state index contributed by atoms with van der Waals surface area (Å²) in [7, 11) is 1.92. The number of anilines is 1. The number of nitrogens with zero attached hydrogens (tertiary/aromatic N) is 2. The van der Waals surface area contributed by atoms with Crippen LogP contribution in [0.25, 0.3) is 0 Å². The molecule has 0 N–H and O–H groups in total. The summed E-state index contributed by atoms with van der Waals surface area (Å²) >= 11 is 0. The average molecular weight is 244 g/mol. The molecule has 0 aliphatic heterocycles. The van der Waals surface area contributed by atoms with Gasteiger partial charge in [0.2, 0.25) is 0 Å². The fourth-order valence-corrected chi connectivity index (χ4v) is 1.88. The number of hydrogen-bond acceptors (Lipinski definition) is 4. The number of Topliss-reactive ketones (excluding diaryl/α,β-unsaturated/α-hetero) is 1. The van der Waals surface area contributed by atoms with Crippen LogP contribution in [0, 0.1) is 6.92 Å². The molecule has 0 atom stereocenters. The molecule has 0 bridgehead atoms. The highest BCUT2D eigenvalue weighted by molar-refractivity contribution is 5.98. The zero-order chi connectivity index (χ0) is 13.1. The van der Waals surface area contributed by atoms with Crippen molar-refractivity contribution < 1.29 is 9.21 Å². The first-order valence-corrected chi connectivity index (χ1v) is 5.79. The Morgan fingerprint density at radius 1 is 1.44 bits per heavy atom. The molecule has 0 unspecified atom stereocenters. The third-order valence-electron chi connectivity index (χ3n) is 2.90. The van der Waals surface area contributed by atoms with Crippen LogP contribution < -0.4 is 4.90 Å². The van der Waals surface area contributed by atoms with Crippen molar-refractivity contribution in [2.24, 2.45) is 0 Å². The Labute approximate surface area is 106 Å². The van der Waals surface area contributed by atoms with Crippen LogP contribution >= 0.6 is 0 Å². The Balaban J connectivity index is 2.26. The molecule has 2 rings (SSSR count). The maximum atomic E-state index is 11.6. The molecule has 0 spiro atoms. The third-order valence-corrected chi connectivity index (χ3v) is 2.90. The zero-order valence-corrected chi connectivity index (χ0v) is 10.8. The van der Waals surface area contributed by atoms with E-state index in [-0.39, 0.29) is 5.78 Å². The van der Waals surface area contributed by atoms with Crippen LogP contribution in [0.5, 0.6) is 0 Å². The highest BCUT2D eigenvalue weighted by Gasteiger charge is 2.13. The first-order chi connectivity index (χ1) is 8.59. The summed E-state index contributed by atoms with van der Waals surface area (Å²) in [5, 5.41) is 0. The molecule has 0 aliphatic carbocycles. The number of carbonyl (C=O) groups excluding carboxylic acids is 1. The highest BCUT2D eigenvalue weighted by atomic mass is 16.3. The molecule has 0 fully saturated rings. The average Bonchev–Trinajstić information content (AvgIpc) is 2.75. The number of rotatable bonds is 4. The van der Waals surface area contributed by atoms with Crippen molar-refractivity contribution in [1.82, 2.24) is 4.98 Å². The molecule has 0 aromatic carbocycles. The minimum absolute atomic E-state index is 0.0221. The Morgan fingerprint density at radius 2 is 2.22 bits per heavy atom. The maximum absolute atomic E-state index is 11.6. The van der Waals surface area contributed by atoms with E-state index < -0.39 is 0 Å². The van der Waals surface area contributed by atoms with Gasteiger partial charge >= 0.3 is 0 Å². The molecule has 18 heavy (non-hydrogen) atoms. The van der Waals surface area contributed by atoms with E-state index in [1.807, 2.05) is 24.9 Å². The fourth-order valence-electron chi connectivity index (χ4n) is 1.88. The highest BCUT2D eigenvalue weighted by Crippen LogP contribution is 2.20. The van der Waals surface area contributed by atoms with Crippen LogP contribution in [0.15, 0.2) is 35.1 Å². The van der Waals surface area contributed by atoms with Crippen molar-refractivity contribution in [1.29, 1.82) is 0 Å². The first kappa shape index (κ1) is 12.4. The van der Waals surface area contributed by atoms with Gasteiger partial charge in [-0.3, -0.25) is 4.79 Å². The quantitative estimate of drug-likeness (QED) is 0.776. The molecule has 2 aromatic heterocycles. The van der Waals surface area contributed by atoms with Gasteiger partial charge in [0.15, 0.2) is 5.78 Å². The smallest absolute Gasteiger partial charge is 0.163 e. The number of aryl methyl sites for hydroxylation is 1. The van der Waals surface area contributed by atoms with Crippen molar-refractivity contribution in [2.75, 3.05) is 11.9 Å². The standard InChI is InChI=1S/C14H16N2O2/c1-10(17)13-5-4-7-15-14(13)16(3)9-12-6-8-18-11(12)2/h4-8H,9H2,1-3H3. The largest absolute Gasteiger partial charge is 0.469 e. The Hall–Kier alpha value is -2.10. The van der Waals surface area contributed by atoms with Gasteiger partial charge in [0.25, 0.3) is 0 Å². The molecule has 4 nitrogen and oxygen atoms in total. The number of pyridine rings is 1. The molecule has 0 amide bonds. The van der Waals surface area contributed by atoms with Crippen LogP contribution in [0.2, 0.25) is 0 Å². The molecule has 0 radical (unpaired) electrons. The lowest BCUT2D eigenvalue weighted by molar-refractivity contribution is 0.101. The van der Waals surface area contributed by atoms with Gasteiger partial charge in [-0.2, -0.15) is 0 Å². The van der Waals surface area contributed by atoms with E-state index in [1.165, 1.54) is 0 Å². The summed E-state index contributed by atoms with van der Waals surface area (Å²) in [5.74, 6) is 1.61. The second-order valence-corrected chi connectivity index (χ2v) is 4.29. The van der Waals surface area contributed by atoms with E-state index >= 15 is 0 Å². The summed E-state index contributed by atoms with van der Waals surface area (Å²) in [6.45, 7) is 4.14. The molecule has 2 aromatic rings. The van der Waals surface area contributed by atoms with Crippen LogP contribution in [0.1, 0.15) is 28.6 Å². The second kappa shape index (κ2) is 5.04. The molecule has 0 aliphatic rings. The lowest BCUT2D eigenvalue weighted by Gasteiger charge is -2.19. The summed E-state index contributed by atoms with van der Waals surface area (Å²) in [4.78, 5) is 17.8. The Morgan fingerprint density at radius 3 is 2.83 bits per heavy atom. The van der Waals surface area contributed by atoms with Crippen LogP contribution in [0.4, 0.5) is 5.82 Å². The van der Waals surface area contributed by atoms with Crippen LogP contribution in [-0.4, -0.2) is 17.8 Å². The van der Waals surface area contributed by atoms with Gasteiger partial charge in [-0.1, -0.05) is 0 Å². The van der Waals surface area contributed by atoms with E-state index in [2.05, 4.69) is 4.98 Å². The molecule has 0 saturated carbocycles. The number of ketones is 1. The van der Waals surface area contributed by atoms with Gasteiger partial charge in [-0.25, -0.2) is 4.98 Å². The predicted octanol–water partition coefficient (Wildman–Crippen LogP) is 2.82. The molecule has 0 saturated heterocycles. The summed E-state index contributed by atoms with van der Waals surface area (Å²) in [5.41, 5.74) is 1.74. The van der Waals surface area contributed by atoms with Crippen molar-refractivity contribution in [3.63, 3.8) is 0 Å². The van der Waals surface area contributed by atoms with E-state index in [0.717, 1.165) is 11.3 Å². The predicted molar refractivity (Wildman–Crippen MR) is 69.8 cm³/mol. The lowest BCUT2D eigenvalue weighted by atomic mass is 10.1. The molecular weight excluding hydrogens is 228 g/mol. The summed E-state index contributed by atoms with van der Waals surface area (Å²) in [6, 6.07) is 5.50. The van der Waals surface area contributed by atoms with E-state index in [0.29, 0.717) is 17.9 Å². The molecule has 4 heteroatoms. The monoisotopic (exact) mass is 244 g/mol. The minimum atomic E-state index is 0.0221. The van der Waals surface area contributed by atoms with E-state index in [9.17, 15) is 4.79 Å². The van der Waals surface area contributed by atoms with Gasteiger partial charge in [0, 0.05) is 25.4 Å². The summed E-state index contributed by atoms with van der Waals surface area (Å²) in [6.07, 6.45) is 3.36. The summed E-state index contributed by atoms with van der Waals surface area (Å²) < 4.78 is 5.26. The Kier molecular flexibility index (Phi) is 3.46. The number of carbonyl (C=O) groups is 1. The normalized spacial score (nSPS) is 10.4. The van der Waals surface area contributed by atoms with Crippen molar-refractivity contribution in [3.8, 4) is 0 Å². The second-order valence-electron chi connectivity index (χ2n) is 4.29. The Bertz CT molecular complexity index is 560.